The predicted octanol–water partition coefficient (Wildman–Crippen LogP) is 0.231. The first kappa shape index (κ1) is 14.1. The van der Waals surface area contributed by atoms with E-state index in [1.807, 2.05) is 4.90 Å². The van der Waals surface area contributed by atoms with Crippen molar-refractivity contribution in [3.8, 4) is 0 Å². The Morgan fingerprint density at radius 3 is 2.63 bits per heavy atom. The van der Waals surface area contributed by atoms with Crippen LogP contribution < -0.4 is 5.32 Å². The van der Waals surface area contributed by atoms with E-state index in [2.05, 4.69) is 23.7 Å². The number of nitrogens with one attached hydrogen (secondary N) is 1. The molecule has 0 spiro atoms. The summed E-state index contributed by atoms with van der Waals surface area (Å²) in [6.07, 6.45) is 3.67. The summed E-state index contributed by atoms with van der Waals surface area (Å²) in [4.78, 5) is 27.6. The lowest BCUT2D eigenvalue weighted by molar-refractivity contribution is -0.131. The first-order valence-electron chi connectivity index (χ1n) is 7.03. The van der Waals surface area contributed by atoms with Gasteiger partial charge in [-0.05, 0) is 37.9 Å². The van der Waals surface area contributed by atoms with Crippen LogP contribution in [0.3, 0.4) is 0 Å². The van der Waals surface area contributed by atoms with Crippen molar-refractivity contribution in [3.05, 3.63) is 12.7 Å². The molecule has 0 radical (unpaired) electrons. The van der Waals surface area contributed by atoms with Crippen LogP contribution in [0.1, 0.15) is 19.8 Å². The molecule has 0 unspecified atom stereocenters. The molecule has 5 nitrogen and oxygen atoms in total. The van der Waals surface area contributed by atoms with Crippen LogP contribution >= 0.6 is 0 Å². The zero-order valence-electron chi connectivity index (χ0n) is 11.6. The summed E-state index contributed by atoms with van der Waals surface area (Å²) in [7, 11) is 0. The van der Waals surface area contributed by atoms with Crippen LogP contribution in [0.2, 0.25) is 0 Å². The third-order valence-corrected chi connectivity index (χ3v) is 4.04. The van der Waals surface area contributed by atoms with E-state index in [1.165, 1.54) is 18.9 Å². The lowest BCUT2D eigenvalue weighted by Crippen LogP contribution is -2.41. The minimum Gasteiger partial charge on any atom is -0.348 e. The van der Waals surface area contributed by atoms with E-state index in [9.17, 15) is 9.59 Å². The average Bonchev–Trinajstić information content (AvgIpc) is 3.00. The minimum absolute atomic E-state index is 0.0491. The number of carbonyl (C=O) groups is 2. The molecule has 0 aromatic heterocycles. The summed E-state index contributed by atoms with van der Waals surface area (Å²) in [5, 5.41) is 2.89. The van der Waals surface area contributed by atoms with Crippen LogP contribution in [0.15, 0.2) is 12.7 Å². The van der Waals surface area contributed by atoms with Crippen LogP contribution in [0, 0.1) is 5.92 Å². The van der Waals surface area contributed by atoms with E-state index in [1.54, 1.807) is 0 Å². The van der Waals surface area contributed by atoms with Gasteiger partial charge in [-0.1, -0.05) is 13.5 Å². The van der Waals surface area contributed by atoms with Gasteiger partial charge in [0.25, 0.3) is 0 Å². The Hall–Kier alpha value is -1.36. The molecular weight excluding hydrogens is 242 g/mol. The van der Waals surface area contributed by atoms with E-state index in [-0.39, 0.29) is 17.9 Å². The molecule has 0 bridgehead atoms. The van der Waals surface area contributed by atoms with Crippen LogP contribution in [0.5, 0.6) is 0 Å². The molecule has 2 saturated heterocycles. The maximum Gasteiger partial charge on any atom is 0.243 e. The Balaban J connectivity index is 1.83. The lowest BCUT2D eigenvalue weighted by atomic mass is 10.1. The molecule has 0 aromatic carbocycles. The van der Waals surface area contributed by atoms with Gasteiger partial charge in [0.2, 0.25) is 11.8 Å². The Morgan fingerprint density at radius 1 is 1.32 bits per heavy atom. The van der Waals surface area contributed by atoms with Gasteiger partial charge in [-0.2, -0.15) is 0 Å². The number of hydrogen-bond acceptors (Lipinski definition) is 3. The molecule has 19 heavy (non-hydrogen) atoms. The van der Waals surface area contributed by atoms with Gasteiger partial charge in [-0.3, -0.25) is 14.5 Å². The Morgan fingerprint density at radius 2 is 2.00 bits per heavy atom. The first-order valence-corrected chi connectivity index (χ1v) is 7.03. The van der Waals surface area contributed by atoms with Crippen molar-refractivity contribution in [1.82, 2.24) is 15.1 Å². The standard InChI is InChI=1S/C14H23N3O2/c1-3-13(18)15-12-9-17(8-11(12)2)14(19)10-16-6-4-5-7-16/h3,11-12H,1,4-10H2,2H3,(H,15,18)/t11-,12+/m1/s1. The molecule has 2 aliphatic heterocycles. The highest BCUT2D eigenvalue weighted by molar-refractivity contribution is 5.87. The van der Waals surface area contributed by atoms with Gasteiger partial charge in [0.15, 0.2) is 0 Å². The second-order valence-corrected chi connectivity index (χ2v) is 5.58. The Kier molecular flexibility index (Phi) is 4.58. The van der Waals surface area contributed by atoms with Gasteiger partial charge >= 0.3 is 0 Å². The van der Waals surface area contributed by atoms with Crippen LogP contribution in [0.4, 0.5) is 0 Å². The molecule has 2 amide bonds. The molecular formula is C14H23N3O2. The monoisotopic (exact) mass is 265 g/mol. The molecule has 0 aromatic rings. The fourth-order valence-corrected chi connectivity index (χ4v) is 2.83. The molecule has 2 fully saturated rings. The van der Waals surface area contributed by atoms with Gasteiger partial charge in [-0.25, -0.2) is 0 Å². The van der Waals surface area contributed by atoms with E-state index in [0.717, 1.165) is 19.6 Å². The molecule has 2 aliphatic rings. The van der Waals surface area contributed by atoms with Crippen molar-refractivity contribution in [1.29, 1.82) is 0 Å². The predicted molar refractivity (Wildman–Crippen MR) is 73.5 cm³/mol. The van der Waals surface area contributed by atoms with E-state index >= 15 is 0 Å². The van der Waals surface area contributed by atoms with Crippen LogP contribution in [0.25, 0.3) is 0 Å². The third kappa shape index (κ3) is 3.56. The third-order valence-electron chi connectivity index (χ3n) is 4.04. The fraction of sp³-hybridized carbons (Fsp3) is 0.714. The van der Waals surface area contributed by atoms with E-state index in [4.69, 9.17) is 0 Å². The van der Waals surface area contributed by atoms with Gasteiger partial charge in [0, 0.05) is 13.1 Å². The maximum absolute atomic E-state index is 12.2. The van der Waals surface area contributed by atoms with Crippen LogP contribution in [-0.2, 0) is 9.59 Å². The number of nitrogens with zero attached hydrogens (tertiary/aromatic N) is 2. The largest absolute Gasteiger partial charge is 0.348 e. The number of amides is 2. The van der Waals surface area contributed by atoms with Gasteiger partial charge in [0.05, 0.1) is 12.6 Å². The molecule has 2 rings (SSSR count). The topological polar surface area (TPSA) is 52.7 Å². The number of hydrogen-bond donors (Lipinski definition) is 1. The lowest BCUT2D eigenvalue weighted by Gasteiger charge is -2.20. The molecule has 0 aliphatic carbocycles. The van der Waals surface area contributed by atoms with E-state index < -0.39 is 0 Å². The van der Waals surface area contributed by atoms with Crippen molar-refractivity contribution in [2.24, 2.45) is 5.92 Å². The van der Waals surface area contributed by atoms with Gasteiger partial charge < -0.3 is 10.2 Å². The van der Waals surface area contributed by atoms with Crippen molar-refractivity contribution in [3.63, 3.8) is 0 Å². The summed E-state index contributed by atoms with van der Waals surface area (Å²) >= 11 is 0. The quantitative estimate of drug-likeness (QED) is 0.740. The molecule has 106 valence electrons. The van der Waals surface area contributed by atoms with E-state index in [0.29, 0.717) is 19.0 Å². The van der Waals surface area contributed by atoms with Gasteiger partial charge in [-0.15, -0.1) is 0 Å². The molecule has 2 heterocycles. The second kappa shape index (κ2) is 6.19. The number of likely N-dealkylation sites (tertiary alicyclic amines) is 2. The molecule has 1 N–H and O–H groups in total. The Labute approximate surface area is 114 Å². The van der Waals surface area contributed by atoms with Crippen molar-refractivity contribution in [2.45, 2.75) is 25.8 Å². The highest BCUT2D eigenvalue weighted by Crippen LogP contribution is 2.17. The summed E-state index contributed by atoms with van der Waals surface area (Å²) in [6.45, 7) is 9.46. The van der Waals surface area contributed by atoms with Gasteiger partial charge in [0.1, 0.15) is 0 Å². The highest BCUT2D eigenvalue weighted by atomic mass is 16.2. The summed E-state index contributed by atoms with van der Waals surface area (Å²) < 4.78 is 0. The zero-order valence-corrected chi connectivity index (χ0v) is 11.6. The minimum atomic E-state index is -0.161. The smallest absolute Gasteiger partial charge is 0.243 e. The summed E-state index contributed by atoms with van der Waals surface area (Å²) in [5.41, 5.74) is 0. The van der Waals surface area contributed by atoms with Crippen molar-refractivity contribution < 1.29 is 9.59 Å². The normalized spacial score (nSPS) is 27.5. The molecule has 0 saturated carbocycles. The van der Waals surface area contributed by atoms with Crippen molar-refractivity contribution in [2.75, 3.05) is 32.7 Å². The summed E-state index contributed by atoms with van der Waals surface area (Å²) in [5.74, 6) is 0.321. The van der Waals surface area contributed by atoms with Crippen molar-refractivity contribution >= 4 is 11.8 Å². The first-order chi connectivity index (χ1) is 9.10. The average molecular weight is 265 g/mol. The van der Waals surface area contributed by atoms with Crippen LogP contribution in [-0.4, -0.2) is 60.4 Å². The second-order valence-electron chi connectivity index (χ2n) is 5.58. The summed E-state index contributed by atoms with van der Waals surface area (Å²) in [6, 6.07) is 0.0491. The zero-order chi connectivity index (χ0) is 13.8. The Bertz CT molecular complexity index is 364. The SMILES string of the molecule is C=CC(=O)N[C@H]1CN(C(=O)CN2CCCC2)C[C@H]1C. The fourth-order valence-electron chi connectivity index (χ4n) is 2.83. The molecule has 5 heteroatoms. The highest BCUT2D eigenvalue weighted by Gasteiger charge is 2.33. The number of carbonyl (C=O) groups excluding carboxylic acids is 2. The number of rotatable bonds is 4. The molecule has 2 atom stereocenters. The maximum atomic E-state index is 12.2.